The molecule has 1 saturated carbocycles. The molecule has 92 valence electrons. The first-order valence-corrected chi connectivity index (χ1v) is 6.71. The van der Waals surface area contributed by atoms with Gasteiger partial charge < -0.3 is 10.4 Å². The molecule has 2 aliphatic rings. The van der Waals surface area contributed by atoms with E-state index in [1.807, 2.05) is 0 Å². The number of β-amino-alcohol motifs (C(OH)–C–C–N with tert-alkyl or cyclic N) is 1. The summed E-state index contributed by atoms with van der Waals surface area (Å²) in [5, 5.41) is 13.6. The second-order valence-corrected chi connectivity index (χ2v) is 5.86. The molecule has 17 heavy (non-hydrogen) atoms. The summed E-state index contributed by atoms with van der Waals surface area (Å²) >= 11 is 0. The Morgan fingerprint density at radius 1 is 1.06 bits per heavy atom. The van der Waals surface area contributed by atoms with Gasteiger partial charge in [0, 0.05) is 13.1 Å². The molecule has 0 bridgehead atoms. The first kappa shape index (κ1) is 11.2. The molecule has 0 atom stereocenters. The largest absolute Gasteiger partial charge is 0.387 e. The normalized spacial score (nSPS) is 25.5. The lowest BCUT2D eigenvalue weighted by atomic mass is 9.69. The van der Waals surface area contributed by atoms with Gasteiger partial charge in [-0.2, -0.15) is 0 Å². The Bertz CT molecular complexity index is 377. The van der Waals surface area contributed by atoms with Crippen molar-refractivity contribution in [3.8, 4) is 0 Å². The Kier molecular flexibility index (Phi) is 2.72. The molecule has 1 aliphatic heterocycles. The maximum absolute atomic E-state index is 10.4. The van der Waals surface area contributed by atoms with Crippen LogP contribution in [0.3, 0.4) is 0 Å². The molecular weight excluding hydrogens is 210 g/mol. The van der Waals surface area contributed by atoms with Crippen molar-refractivity contribution in [3.05, 3.63) is 35.9 Å². The molecule has 2 fully saturated rings. The van der Waals surface area contributed by atoms with Crippen LogP contribution in [0.2, 0.25) is 0 Å². The summed E-state index contributed by atoms with van der Waals surface area (Å²) in [6, 6.07) is 10.8. The quantitative estimate of drug-likeness (QED) is 0.836. The molecule has 2 heteroatoms. The van der Waals surface area contributed by atoms with Crippen LogP contribution in [0, 0.1) is 0 Å². The third kappa shape index (κ3) is 2.00. The van der Waals surface area contributed by atoms with Crippen molar-refractivity contribution in [2.45, 2.75) is 43.1 Å². The van der Waals surface area contributed by atoms with Crippen LogP contribution in [0.5, 0.6) is 0 Å². The summed E-state index contributed by atoms with van der Waals surface area (Å²) in [5.74, 6) is 0. The molecular formula is C15H21NO. The maximum atomic E-state index is 10.4. The van der Waals surface area contributed by atoms with Crippen LogP contribution in [0.25, 0.3) is 0 Å². The van der Waals surface area contributed by atoms with E-state index in [0.717, 1.165) is 19.5 Å². The van der Waals surface area contributed by atoms with Crippen molar-refractivity contribution in [1.82, 2.24) is 5.32 Å². The van der Waals surface area contributed by atoms with Crippen molar-refractivity contribution >= 4 is 0 Å². The highest BCUT2D eigenvalue weighted by Crippen LogP contribution is 2.46. The van der Waals surface area contributed by atoms with E-state index in [1.165, 1.54) is 31.2 Å². The summed E-state index contributed by atoms with van der Waals surface area (Å²) in [6.45, 7) is 1.53. The molecule has 1 aliphatic carbocycles. The van der Waals surface area contributed by atoms with Gasteiger partial charge in [0.05, 0.1) is 5.60 Å². The van der Waals surface area contributed by atoms with Gasteiger partial charge in [-0.1, -0.05) is 43.2 Å². The molecule has 0 radical (unpaired) electrons. The molecule has 2 nitrogen and oxygen atoms in total. The van der Waals surface area contributed by atoms with Crippen LogP contribution in [0.1, 0.15) is 37.7 Å². The number of aliphatic hydroxyl groups is 1. The van der Waals surface area contributed by atoms with Crippen molar-refractivity contribution in [2.75, 3.05) is 13.1 Å². The number of hydrogen-bond acceptors (Lipinski definition) is 2. The third-order valence-corrected chi connectivity index (χ3v) is 4.52. The molecule has 0 amide bonds. The first-order valence-electron chi connectivity index (χ1n) is 6.71. The zero-order valence-corrected chi connectivity index (χ0v) is 10.3. The van der Waals surface area contributed by atoms with Gasteiger partial charge in [0.1, 0.15) is 0 Å². The van der Waals surface area contributed by atoms with Crippen molar-refractivity contribution < 1.29 is 5.11 Å². The molecule has 0 aromatic heterocycles. The Labute approximate surface area is 103 Å². The molecule has 0 unspecified atom stereocenters. The maximum Gasteiger partial charge on any atom is 0.0903 e. The topological polar surface area (TPSA) is 32.3 Å². The van der Waals surface area contributed by atoms with E-state index in [-0.39, 0.29) is 5.41 Å². The van der Waals surface area contributed by atoms with Gasteiger partial charge in [-0.15, -0.1) is 0 Å². The lowest BCUT2D eigenvalue weighted by Crippen LogP contribution is -2.61. The van der Waals surface area contributed by atoms with Gasteiger partial charge in [0.2, 0.25) is 0 Å². The molecule has 2 N–H and O–H groups in total. The number of hydrogen-bond donors (Lipinski definition) is 2. The Balaban J connectivity index is 1.88. The van der Waals surface area contributed by atoms with Gasteiger partial charge in [-0.3, -0.25) is 0 Å². The van der Waals surface area contributed by atoms with E-state index in [1.54, 1.807) is 0 Å². The molecule has 1 heterocycles. The van der Waals surface area contributed by atoms with E-state index in [0.29, 0.717) is 0 Å². The highest BCUT2D eigenvalue weighted by Gasteiger charge is 2.45. The van der Waals surface area contributed by atoms with E-state index >= 15 is 0 Å². The van der Waals surface area contributed by atoms with Crippen LogP contribution in [-0.2, 0) is 5.41 Å². The molecule has 1 aromatic carbocycles. The van der Waals surface area contributed by atoms with Gasteiger partial charge in [-0.05, 0) is 30.2 Å². The van der Waals surface area contributed by atoms with E-state index < -0.39 is 5.60 Å². The third-order valence-electron chi connectivity index (χ3n) is 4.52. The van der Waals surface area contributed by atoms with Crippen LogP contribution >= 0.6 is 0 Å². The standard InChI is InChI=1S/C15H21NO/c17-15(11-16-12-15)10-14(8-4-5-9-14)13-6-2-1-3-7-13/h1-3,6-7,16-17H,4-5,8-12H2. The zero-order chi connectivity index (χ0) is 11.8. The molecule has 3 rings (SSSR count). The molecule has 1 saturated heterocycles. The molecule has 1 aromatic rings. The average Bonchev–Trinajstić information content (AvgIpc) is 2.78. The minimum atomic E-state index is -0.458. The average molecular weight is 231 g/mol. The second-order valence-electron chi connectivity index (χ2n) is 5.86. The number of nitrogens with one attached hydrogen (secondary N) is 1. The highest BCUT2D eigenvalue weighted by atomic mass is 16.3. The fourth-order valence-electron chi connectivity index (χ4n) is 3.58. The van der Waals surface area contributed by atoms with Crippen LogP contribution in [0.15, 0.2) is 30.3 Å². The lowest BCUT2D eigenvalue weighted by Gasteiger charge is -2.44. The minimum absolute atomic E-state index is 0.234. The van der Waals surface area contributed by atoms with Gasteiger partial charge in [0.15, 0.2) is 0 Å². The summed E-state index contributed by atoms with van der Waals surface area (Å²) in [6.07, 6.45) is 6.01. The van der Waals surface area contributed by atoms with Gasteiger partial charge in [0.25, 0.3) is 0 Å². The second kappa shape index (κ2) is 4.11. The summed E-state index contributed by atoms with van der Waals surface area (Å²) < 4.78 is 0. The SMILES string of the molecule is OC1(CC2(c3ccccc3)CCCC2)CNC1. The predicted molar refractivity (Wildman–Crippen MR) is 69.0 cm³/mol. The number of rotatable bonds is 3. The monoisotopic (exact) mass is 231 g/mol. The fraction of sp³-hybridized carbons (Fsp3) is 0.600. The summed E-state index contributed by atoms with van der Waals surface area (Å²) in [5.41, 5.74) is 1.20. The molecule has 0 spiro atoms. The van der Waals surface area contributed by atoms with Crippen molar-refractivity contribution in [1.29, 1.82) is 0 Å². The zero-order valence-electron chi connectivity index (χ0n) is 10.3. The van der Waals surface area contributed by atoms with E-state index in [2.05, 4.69) is 35.6 Å². The minimum Gasteiger partial charge on any atom is -0.387 e. The fourth-order valence-corrected chi connectivity index (χ4v) is 3.58. The van der Waals surface area contributed by atoms with E-state index in [9.17, 15) is 5.11 Å². The van der Waals surface area contributed by atoms with Crippen molar-refractivity contribution in [3.63, 3.8) is 0 Å². The van der Waals surface area contributed by atoms with Gasteiger partial charge >= 0.3 is 0 Å². The highest BCUT2D eigenvalue weighted by molar-refractivity contribution is 5.28. The van der Waals surface area contributed by atoms with Crippen LogP contribution < -0.4 is 5.32 Å². The number of benzene rings is 1. The lowest BCUT2D eigenvalue weighted by molar-refractivity contribution is -0.0360. The van der Waals surface area contributed by atoms with Gasteiger partial charge in [-0.25, -0.2) is 0 Å². The van der Waals surface area contributed by atoms with Crippen molar-refractivity contribution in [2.24, 2.45) is 0 Å². The Morgan fingerprint density at radius 3 is 2.24 bits per heavy atom. The Hall–Kier alpha value is -0.860. The van der Waals surface area contributed by atoms with Crippen LogP contribution in [0.4, 0.5) is 0 Å². The first-order chi connectivity index (χ1) is 8.23. The predicted octanol–water partition coefficient (Wildman–Crippen LogP) is 2.22. The summed E-state index contributed by atoms with van der Waals surface area (Å²) in [7, 11) is 0. The van der Waals surface area contributed by atoms with Crippen LogP contribution in [-0.4, -0.2) is 23.8 Å². The van der Waals surface area contributed by atoms with E-state index in [4.69, 9.17) is 0 Å². The smallest absolute Gasteiger partial charge is 0.0903 e. The summed E-state index contributed by atoms with van der Waals surface area (Å²) in [4.78, 5) is 0. The Morgan fingerprint density at radius 2 is 1.71 bits per heavy atom.